The summed E-state index contributed by atoms with van der Waals surface area (Å²) in [7, 11) is 0. The third-order valence-electron chi connectivity index (χ3n) is 3.59. The molecule has 3 atom stereocenters. The Morgan fingerprint density at radius 1 is 1.42 bits per heavy atom. The highest BCUT2D eigenvalue weighted by Crippen LogP contribution is 2.17. The number of aliphatic hydroxyl groups is 2. The van der Waals surface area contributed by atoms with Crippen molar-refractivity contribution in [2.75, 3.05) is 13.2 Å². The minimum Gasteiger partial charge on any atom is -0.395 e. The first-order chi connectivity index (χ1) is 9.13. The van der Waals surface area contributed by atoms with Crippen LogP contribution in [0.2, 0.25) is 0 Å². The summed E-state index contributed by atoms with van der Waals surface area (Å²) in [4.78, 5) is 13.5. The molecule has 1 fully saturated rings. The molecule has 0 spiro atoms. The largest absolute Gasteiger partial charge is 0.395 e. The van der Waals surface area contributed by atoms with E-state index in [2.05, 4.69) is 5.32 Å². The third-order valence-corrected chi connectivity index (χ3v) is 3.59. The summed E-state index contributed by atoms with van der Waals surface area (Å²) < 4.78 is 0. The van der Waals surface area contributed by atoms with E-state index in [4.69, 9.17) is 5.11 Å². The first-order valence-corrected chi connectivity index (χ1v) is 6.47. The van der Waals surface area contributed by atoms with Crippen LogP contribution in [0.1, 0.15) is 12.5 Å². The zero-order valence-corrected chi connectivity index (χ0v) is 11.0. The molecule has 0 aromatic heterocycles. The summed E-state index contributed by atoms with van der Waals surface area (Å²) >= 11 is 0. The highest BCUT2D eigenvalue weighted by molar-refractivity contribution is 5.73. The van der Waals surface area contributed by atoms with Crippen LogP contribution in [-0.2, 0) is 11.3 Å². The summed E-state index contributed by atoms with van der Waals surface area (Å²) in [5, 5.41) is 22.3. The van der Waals surface area contributed by atoms with Gasteiger partial charge in [0, 0.05) is 20.0 Å². The zero-order valence-electron chi connectivity index (χ0n) is 11.0. The molecule has 1 saturated heterocycles. The molecule has 104 valence electrons. The number of nitrogens with one attached hydrogen (secondary N) is 1. The molecule has 0 saturated carbocycles. The topological polar surface area (TPSA) is 72.8 Å². The lowest BCUT2D eigenvalue weighted by molar-refractivity contribution is -0.133. The first-order valence-electron chi connectivity index (χ1n) is 6.47. The Morgan fingerprint density at radius 3 is 2.63 bits per heavy atom. The van der Waals surface area contributed by atoms with E-state index >= 15 is 0 Å². The molecule has 0 unspecified atom stereocenters. The number of hydrogen-bond donors (Lipinski definition) is 3. The summed E-state index contributed by atoms with van der Waals surface area (Å²) in [6.45, 7) is 2.34. The highest BCUT2D eigenvalue weighted by Gasteiger charge is 2.38. The molecule has 3 N–H and O–H groups in total. The molecule has 1 aromatic carbocycles. The second kappa shape index (κ2) is 6.14. The summed E-state index contributed by atoms with van der Waals surface area (Å²) in [6, 6.07) is 9.02. The van der Waals surface area contributed by atoms with Gasteiger partial charge in [-0.3, -0.25) is 4.79 Å². The number of aliphatic hydroxyl groups excluding tert-OH is 2. The van der Waals surface area contributed by atoms with Crippen LogP contribution in [-0.4, -0.2) is 52.4 Å². The average Bonchev–Trinajstić information content (AvgIpc) is 2.78. The van der Waals surface area contributed by atoms with E-state index in [-0.39, 0.29) is 24.6 Å². The van der Waals surface area contributed by atoms with E-state index in [9.17, 15) is 9.90 Å². The van der Waals surface area contributed by atoms with Crippen molar-refractivity contribution in [1.29, 1.82) is 0 Å². The van der Waals surface area contributed by atoms with Crippen LogP contribution >= 0.6 is 0 Å². The monoisotopic (exact) mass is 264 g/mol. The van der Waals surface area contributed by atoms with E-state index in [1.165, 1.54) is 6.92 Å². The number of carbonyl (C=O) groups is 1. The number of rotatable bonds is 4. The van der Waals surface area contributed by atoms with Crippen molar-refractivity contribution in [2.45, 2.75) is 31.7 Å². The molecule has 1 heterocycles. The van der Waals surface area contributed by atoms with Crippen molar-refractivity contribution in [3.63, 3.8) is 0 Å². The van der Waals surface area contributed by atoms with E-state index in [1.807, 2.05) is 30.3 Å². The van der Waals surface area contributed by atoms with Gasteiger partial charge in [0.05, 0.1) is 24.8 Å². The lowest BCUT2D eigenvalue weighted by atomic mass is 10.1. The maximum Gasteiger partial charge on any atom is 0.220 e. The Hall–Kier alpha value is -1.43. The van der Waals surface area contributed by atoms with Crippen molar-refractivity contribution in [3.8, 4) is 0 Å². The molecule has 0 aliphatic carbocycles. The predicted octanol–water partition coefficient (Wildman–Crippen LogP) is -0.271. The number of benzene rings is 1. The predicted molar refractivity (Wildman–Crippen MR) is 71.3 cm³/mol. The maximum absolute atomic E-state index is 11.8. The van der Waals surface area contributed by atoms with Crippen LogP contribution in [0, 0.1) is 0 Å². The Morgan fingerprint density at radius 2 is 2.11 bits per heavy atom. The number of amides is 1. The van der Waals surface area contributed by atoms with Gasteiger partial charge in [0.2, 0.25) is 5.91 Å². The number of hydrogen-bond acceptors (Lipinski definition) is 4. The summed E-state index contributed by atoms with van der Waals surface area (Å²) in [6.07, 6.45) is -0.738. The van der Waals surface area contributed by atoms with Crippen LogP contribution in [0.3, 0.4) is 0 Å². The Kier molecular flexibility index (Phi) is 4.52. The van der Waals surface area contributed by atoms with Crippen molar-refractivity contribution in [2.24, 2.45) is 0 Å². The van der Waals surface area contributed by atoms with Gasteiger partial charge in [-0.05, 0) is 5.56 Å². The average molecular weight is 264 g/mol. The van der Waals surface area contributed by atoms with Gasteiger partial charge >= 0.3 is 0 Å². The molecule has 1 aromatic rings. The fourth-order valence-corrected chi connectivity index (χ4v) is 2.49. The van der Waals surface area contributed by atoms with E-state index in [0.29, 0.717) is 13.1 Å². The normalized spacial score (nSPS) is 26.4. The van der Waals surface area contributed by atoms with Crippen LogP contribution in [0.5, 0.6) is 0 Å². The minimum atomic E-state index is -0.738. The molecule has 19 heavy (non-hydrogen) atoms. The molecule has 5 heteroatoms. The summed E-state index contributed by atoms with van der Waals surface area (Å²) in [5.74, 6) is -0.0757. The minimum absolute atomic E-state index is 0.0757. The van der Waals surface area contributed by atoms with E-state index in [1.54, 1.807) is 4.90 Å². The molecule has 5 nitrogen and oxygen atoms in total. The highest BCUT2D eigenvalue weighted by atomic mass is 16.3. The summed E-state index contributed by atoms with van der Waals surface area (Å²) in [5.41, 5.74) is 1.03. The molecular formula is C14H20N2O3. The van der Waals surface area contributed by atoms with Gasteiger partial charge in [-0.2, -0.15) is 0 Å². The first kappa shape index (κ1) is 14.0. The fourth-order valence-electron chi connectivity index (χ4n) is 2.49. The van der Waals surface area contributed by atoms with Gasteiger partial charge < -0.3 is 20.4 Å². The van der Waals surface area contributed by atoms with Crippen LogP contribution in [0.15, 0.2) is 30.3 Å². The van der Waals surface area contributed by atoms with Crippen molar-refractivity contribution < 1.29 is 15.0 Å². The second-order valence-corrected chi connectivity index (χ2v) is 4.89. The van der Waals surface area contributed by atoms with Crippen molar-refractivity contribution >= 4 is 5.91 Å². The second-order valence-electron chi connectivity index (χ2n) is 4.89. The van der Waals surface area contributed by atoms with Crippen molar-refractivity contribution in [1.82, 2.24) is 10.2 Å². The standard InChI is InChI=1S/C14H20N2O3/c1-10(18)16(8-11-5-3-2-4-6-11)13-7-15-12(9-17)14(13)19/h2-6,12-15,17,19H,7-9H2,1H3/t12-,13-,14-/m0/s1. The third kappa shape index (κ3) is 3.12. The molecule has 1 aliphatic rings. The van der Waals surface area contributed by atoms with Gasteiger partial charge in [0.1, 0.15) is 0 Å². The van der Waals surface area contributed by atoms with E-state index < -0.39 is 6.10 Å². The molecule has 1 aliphatic heterocycles. The number of carbonyl (C=O) groups excluding carboxylic acids is 1. The molecule has 2 rings (SSSR count). The lowest BCUT2D eigenvalue weighted by Gasteiger charge is -2.30. The smallest absolute Gasteiger partial charge is 0.220 e. The van der Waals surface area contributed by atoms with E-state index in [0.717, 1.165) is 5.56 Å². The molecule has 0 radical (unpaired) electrons. The fraction of sp³-hybridized carbons (Fsp3) is 0.500. The van der Waals surface area contributed by atoms with Gasteiger partial charge in [0.15, 0.2) is 0 Å². The quantitative estimate of drug-likeness (QED) is 0.700. The van der Waals surface area contributed by atoms with Gasteiger partial charge in [-0.15, -0.1) is 0 Å². The Labute approximate surface area is 112 Å². The van der Waals surface area contributed by atoms with Gasteiger partial charge in [-0.1, -0.05) is 30.3 Å². The number of nitrogens with zero attached hydrogens (tertiary/aromatic N) is 1. The van der Waals surface area contributed by atoms with Gasteiger partial charge in [0.25, 0.3) is 0 Å². The lowest BCUT2D eigenvalue weighted by Crippen LogP contribution is -2.47. The SMILES string of the molecule is CC(=O)N(Cc1ccccc1)[C@H]1CN[C@@H](CO)[C@@H]1O. The van der Waals surface area contributed by atoms with Crippen LogP contribution in [0.25, 0.3) is 0 Å². The van der Waals surface area contributed by atoms with Crippen molar-refractivity contribution in [3.05, 3.63) is 35.9 Å². The Balaban J connectivity index is 2.11. The molecular weight excluding hydrogens is 244 g/mol. The maximum atomic E-state index is 11.8. The molecule has 1 amide bonds. The zero-order chi connectivity index (χ0) is 13.8. The van der Waals surface area contributed by atoms with Crippen LogP contribution in [0.4, 0.5) is 0 Å². The van der Waals surface area contributed by atoms with Crippen LogP contribution < -0.4 is 5.32 Å². The van der Waals surface area contributed by atoms with Gasteiger partial charge in [-0.25, -0.2) is 0 Å². The molecule has 0 bridgehead atoms. The Bertz CT molecular complexity index is 424.